The lowest BCUT2D eigenvalue weighted by Gasteiger charge is -2.35. The number of thioether (sulfide) groups is 1. The monoisotopic (exact) mass is 380 g/mol. The molecule has 2 fully saturated rings. The standard InChI is InChI=1S/C21H20N2O3S/c24-19-14-27-21(26)23(19)18-10-12-22(13-11-18)20(25)17-8-6-16(7-9-17)15-4-2-1-3-5-15/h1-9,18H,10-14H2. The highest BCUT2D eigenvalue weighted by atomic mass is 32.2. The van der Waals surface area contributed by atoms with Crippen LogP contribution < -0.4 is 0 Å². The number of hydrogen-bond donors (Lipinski definition) is 0. The minimum absolute atomic E-state index is 0.00140. The SMILES string of the molecule is O=C(c1ccc(-c2ccccc2)cc1)N1CCC(N2C(=O)CSC2=O)CC1. The lowest BCUT2D eigenvalue weighted by molar-refractivity contribution is -0.126. The number of likely N-dealkylation sites (tertiary alicyclic amines) is 1. The normalized spacial score (nSPS) is 18.2. The molecule has 4 rings (SSSR count). The molecule has 5 nitrogen and oxygen atoms in total. The minimum Gasteiger partial charge on any atom is -0.338 e. The Labute approximate surface area is 162 Å². The number of imide groups is 1. The number of rotatable bonds is 3. The van der Waals surface area contributed by atoms with Gasteiger partial charge in [0.05, 0.1) is 5.75 Å². The van der Waals surface area contributed by atoms with Crippen molar-refractivity contribution in [1.29, 1.82) is 0 Å². The van der Waals surface area contributed by atoms with Gasteiger partial charge in [-0.3, -0.25) is 19.3 Å². The van der Waals surface area contributed by atoms with Crippen molar-refractivity contribution >= 4 is 28.8 Å². The van der Waals surface area contributed by atoms with Crippen LogP contribution in [0.25, 0.3) is 11.1 Å². The van der Waals surface area contributed by atoms with Crippen molar-refractivity contribution in [2.24, 2.45) is 0 Å². The highest BCUT2D eigenvalue weighted by molar-refractivity contribution is 8.14. The quantitative estimate of drug-likeness (QED) is 0.816. The number of carbonyl (C=O) groups is 3. The number of carbonyl (C=O) groups excluding carboxylic acids is 3. The molecule has 2 saturated heterocycles. The summed E-state index contributed by atoms with van der Waals surface area (Å²) in [6, 6.07) is 17.6. The third kappa shape index (κ3) is 3.62. The highest BCUT2D eigenvalue weighted by Gasteiger charge is 2.38. The molecule has 2 heterocycles. The molecule has 2 aliphatic heterocycles. The van der Waals surface area contributed by atoms with E-state index in [4.69, 9.17) is 0 Å². The molecule has 2 aromatic carbocycles. The molecule has 3 amide bonds. The van der Waals surface area contributed by atoms with Gasteiger partial charge in [-0.05, 0) is 36.1 Å². The number of piperidine rings is 1. The summed E-state index contributed by atoms with van der Waals surface area (Å²) in [6.07, 6.45) is 1.29. The summed E-state index contributed by atoms with van der Waals surface area (Å²) in [4.78, 5) is 39.7. The third-order valence-corrected chi connectivity index (χ3v) is 5.98. The topological polar surface area (TPSA) is 57.7 Å². The molecule has 0 bridgehead atoms. The maximum Gasteiger partial charge on any atom is 0.289 e. The summed E-state index contributed by atoms with van der Waals surface area (Å²) < 4.78 is 0. The van der Waals surface area contributed by atoms with Crippen LogP contribution in [0.5, 0.6) is 0 Å². The van der Waals surface area contributed by atoms with E-state index in [9.17, 15) is 14.4 Å². The van der Waals surface area contributed by atoms with Crippen molar-refractivity contribution in [3.63, 3.8) is 0 Å². The fourth-order valence-electron chi connectivity index (χ4n) is 3.66. The molecule has 2 aromatic rings. The molecule has 138 valence electrons. The lowest BCUT2D eigenvalue weighted by Crippen LogP contribution is -2.48. The largest absolute Gasteiger partial charge is 0.338 e. The third-order valence-electron chi connectivity index (χ3n) is 5.14. The fraction of sp³-hybridized carbons (Fsp3) is 0.286. The van der Waals surface area contributed by atoms with Gasteiger partial charge in [0.25, 0.3) is 11.1 Å². The number of amides is 3. The van der Waals surface area contributed by atoms with Crippen molar-refractivity contribution in [3.05, 3.63) is 60.2 Å². The van der Waals surface area contributed by atoms with Crippen molar-refractivity contribution in [2.45, 2.75) is 18.9 Å². The molecule has 6 heteroatoms. The Morgan fingerprint density at radius 1 is 0.889 bits per heavy atom. The molecule has 0 radical (unpaired) electrons. The Bertz CT molecular complexity index is 843. The van der Waals surface area contributed by atoms with Crippen LogP contribution in [0.4, 0.5) is 4.79 Å². The molecule has 2 aliphatic rings. The van der Waals surface area contributed by atoms with Gasteiger partial charge in [0.15, 0.2) is 0 Å². The van der Waals surface area contributed by atoms with Gasteiger partial charge in [-0.1, -0.05) is 54.2 Å². The van der Waals surface area contributed by atoms with E-state index in [1.165, 1.54) is 4.90 Å². The second kappa shape index (κ2) is 7.56. The molecule has 0 N–H and O–H groups in total. The van der Waals surface area contributed by atoms with Crippen molar-refractivity contribution < 1.29 is 14.4 Å². The van der Waals surface area contributed by atoms with E-state index in [2.05, 4.69) is 0 Å². The fourth-order valence-corrected chi connectivity index (χ4v) is 4.44. The molecule has 0 saturated carbocycles. The number of nitrogens with zero attached hydrogens (tertiary/aromatic N) is 2. The van der Waals surface area contributed by atoms with Gasteiger partial charge in [0, 0.05) is 24.7 Å². The maximum absolute atomic E-state index is 12.8. The number of benzene rings is 2. The number of hydrogen-bond acceptors (Lipinski definition) is 4. The molecule has 0 spiro atoms. The van der Waals surface area contributed by atoms with Gasteiger partial charge in [-0.15, -0.1) is 0 Å². The predicted octanol–water partition coefficient (Wildman–Crippen LogP) is 3.65. The second-order valence-corrected chi connectivity index (χ2v) is 7.71. The van der Waals surface area contributed by atoms with Gasteiger partial charge in [-0.25, -0.2) is 0 Å². The Morgan fingerprint density at radius 3 is 2.11 bits per heavy atom. The van der Waals surface area contributed by atoms with Crippen molar-refractivity contribution in [2.75, 3.05) is 18.8 Å². The van der Waals surface area contributed by atoms with E-state index in [1.54, 1.807) is 0 Å². The van der Waals surface area contributed by atoms with Crippen LogP contribution in [-0.4, -0.2) is 51.7 Å². The summed E-state index contributed by atoms with van der Waals surface area (Å²) in [5.41, 5.74) is 2.86. The first-order valence-corrected chi connectivity index (χ1v) is 10.1. The Kier molecular flexibility index (Phi) is 4.99. The van der Waals surface area contributed by atoms with Gasteiger partial charge in [0.1, 0.15) is 0 Å². The van der Waals surface area contributed by atoms with Crippen LogP contribution in [0.15, 0.2) is 54.6 Å². The van der Waals surface area contributed by atoms with E-state index in [0.717, 1.165) is 22.9 Å². The van der Waals surface area contributed by atoms with Crippen molar-refractivity contribution in [1.82, 2.24) is 9.80 Å². The maximum atomic E-state index is 12.8. The molecular formula is C21H20N2O3S. The van der Waals surface area contributed by atoms with Crippen molar-refractivity contribution in [3.8, 4) is 11.1 Å². The summed E-state index contributed by atoms with van der Waals surface area (Å²) in [5, 5.41) is -0.152. The van der Waals surface area contributed by atoms with Crippen LogP contribution in [0.1, 0.15) is 23.2 Å². The van der Waals surface area contributed by atoms with Gasteiger partial charge in [0.2, 0.25) is 5.91 Å². The zero-order valence-corrected chi connectivity index (χ0v) is 15.7. The molecule has 0 aliphatic carbocycles. The lowest BCUT2D eigenvalue weighted by atomic mass is 10.0. The first kappa shape index (κ1) is 17.8. The van der Waals surface area contributed by atoms with E-state index in [-0.39, 0.29) is 28.8 Å². The Hall–Kier alpha value is -2.60. The summed E-state index contributed by atoms with van der Waals surface area (Å²) in [5.74, 6) is 0.138. The van der Waals surface area contributed by atoms with E-state index >= 15 is 0 Å². The van der Waals surface area contributed by atoms with Crippen LogP contribution in [0, 0.1) is 0 Å². The molecular weight excluding hydrogens is 360 g/mol. The smallest absolute Gasteiger partial charge is 0.289 e. The van der Waals surface area contributed by atoms with E-state index in [1.807, 2.05) is 59.5 Å². The average molecular weight is 380 g/mol. The Morgan fingerprint density at radius 2 is 1.52 bits per heavy atom. The van der Waals surface area contributed by atoms with Gasteiger partial charge < -0.3 is 4.90 Å². The molecule has 0 unspecified atom stereocenters. The van der Waals surface area contributed by atoms with Gasteiger partial charge >= 0.3 is 0 Å². The first-order valence-electron chi connectivity index (χ1n) is 9.07. The summed E-state index contributed by atoms with van der Waals surface area (Å²) in [6.45, 7) is 1.12. The molecule has 0 atom stereocenters. The molecule has 27 heavy (non-hydrogen) atoms. The van der Waals surface area contributed by atoms with Crippen LogP contribution in [0.2, 0.25) is 0 Å². The first-order chi connectivity index (χ1) is 13.1. The predicted molar refractivity (Wildman–Crippen MR) is 106 cm³/mol. The highest BCUT2D eigenvalue weighted by Crippen LogP contribution is 2.27. The van der Waals surface area contributed by atoms with E-state index in [0.29, 0.717) is 31.5 Å². The second-order valence-electron chi connectivity index (χ2n) is 6.79. The zero-order valence-electron chi connectivity index (χ0n) is 14.8. The molecule has 0 aromatic heterocycles. The minimum atomic E-state index is -0.152. The van der Waals surface area contributed by atoms with E-state index < -0.39 is 0 Å². The van der Waals surface area contributed by atoms with Crippen LogP contribution >= 0.6 is 11.8 Å². The summed E-state index contributed by atoms with van der Waals surface area (Å²) >= 11 is 1.07. The average Bonchev–Trinajstić information content (AvgIpc) is 3.06. The van der Waals surface area contributed by atoms with Crippen LogP contribution in [-0.2, 0) is 4.79 Å². The van der Waals surface area contributed by atoms with Crippen LogP contribution in [0.3, 0.4) is 0 Å². The Balaban J connectivity index is 1.39. The van der Waals surface area contributed by atoms with Gasteiger partial charge in [-0.2, -0.15) is 0 Å². The summed E-state index contributed by atoms with van der Waals surface area (Å²) in [7, 11) is 0. The zero-order chi connectivity index (χ0) is 18.8.